The molecule has 326 valence electrons. The maximum absolute atomic E-state index is 13.0. The van der Waals surface area contributed by atoms with Gasteiger partial charge in [0.2, 0.25) is 0 Å². The largest absolute Gasteiger partial charge is 0.462 e. The molecule has 0 amide bonds. The number of carbonyl (C=O) groups excluding carboxylic acids is 4. The second-order valence-electron chi connectivity index (χ2n) is 25.0. The number of Topliss-reactive ketones (excluding diaryl/α,β-unsaturated/α-hetero) is 2. The van der Waals surface area contributed by atoms with Crippen LogP contribution in [0.25, 0.3) is 0 Å². The van der Waals surface area contributed by atoms with E-state index in [1.54, 1.807) is 0 Å². The fourth-order valence-corrected chi connectivity index (χ4v) is 16.4. The average molecular weight is 817 g/mol. The monoisotopic (exact) mass is 817 g/mol. The lowest BCUT2D eigenvalue weighted by Gasteiger charge is -2.59. The lowest BCUT2D eigenvalue weighted by atomic mass is 9.43. The van der Waals surface area contributed by atoms with Crippen LogP contribution in [0.4, 0.5) is 0 Å². The summed E-state index contributed by atoms with van der Waals surface area (Å²) in [4.78, 5) is 50.8. The smallest absolute Gasteiger partial charge is 0.311 e. The van der Waals surface area contributed by atoms with Crippen molar-refractivity contribution in [3.63, 3.8) is 0 Å². The fraction of sp³-hybridized carbons (Fsp3) is 0.880. The van der Waals surface area contributed by atoms with Crippen LogP contribution in [0.15, 0.2) is 11.6 Å². The zero-order valence-corrected chi connectivity index (χ0v) is 37.5. The molecule has 2 N–H and O–H groups in total. The lowest BCUT2D eigenvalue weighted by Crippen LogP contribution is -2.63. The third-order valence-electron chi connectivity index (χ3n) is 19.9. The van der Waals surface area contributed by atoms with E-state index in [1.165, 1.54) is 5.57 Å². The van der Waals surface area contributed by atoms with Crippen molar-refractivity contribution in [2.24, 2.45) is 91.7 Å². The van der Waals surface area contributed by atoms with Crippen LogP contribution in [-0.4, -0.2) is 69.8 Å². The summed E-state index contributed by atoms with van der Waals surface area (Å²) in [6.45, 7) is 20.4. The van der Waals surface area contributed by atoms with Gasteiger partial charge in [-0.2, -0.15) is 0 Å². The number of hydrogen-bond acceptors (Lipinski definition) is 9. The Bertz CT molecular complexity index is 1890. The topological polar surface area (TPSA) is 140 Å². The van der Waals surface area contributed by atoms with Crippen molar-refractivity contribution in [1.29, 1.82) is 0 Å². The van der Waals surface area contributed by atoms with E-state index >= 15 is 0 Å². The summed E-state index contributed by atoms with van der Waals surface area (Å²) < 4.78 is 18.1. The Kier molecular flexibility index (Phi) is 8.70. The van der Waals surface area contributed by atoms with Gasteiger partial charge in [0.05, 0.1) is 23.0 Å². The van der Waals surface area contributed by atoms with Crippen molar-refractivity contribution in [2.75, 3.05) is 0 Å². The summed E-state index contributed by atoms with van der Waals surface area (Å²) in [7, 11) is 0. The van der Waals surface area contributed by atoms with Gasteiger partial charge in [0, 0.05) is 40.9 Å². The molecule has 0 aromatic rings. The summed E-state index contributed by atoms with van der Waals surface area (Å²) in [6.07, 6.45) is 11.9. The Morgan fingerprint density at radius 2 is 1.20 bits per heavy atom. The standard InChI is InChI=1S/C25H36O5.C25H36O4/c1-22(2,3)21(28)29-12-6-9-24(5)15-7-8-23(4)17(13-10-14(13)19(23)27)16(15)18(26)20-25(24,11-12)30-20;1-23(2,3)22(28)29-14-6-8-24(4)13(10-14)11-18(26)19-17(24)7-9-25(5)20(19)15-12-16(15)21(25)27/h12-18,20,26H,6-11H2,1-5H3;11,14-20,26H,6-10,12H2,1-5H3/t12-,13+,14-,15?,16?,17?,18+,20+,23-,24+,25+;14-,15+,16-,17?,18-,19?,20?,24-,25-/m00/s1. The van der Waals surface area contributed by atoms with Crippen LogP contribution in [0.5, 0.6) is 0 Å². The molecular weight excluding hydrogens is 745 g/mol. The van der Waals surface area contributed by atoms with Crippen molar-refractivity contribution >= 4 is 23.5 Å². The van der Waals surface area contributed by atoms with E-state index in [0.29, 0.717) is 53.5 Å². The number of ketones is 2. The summed E-state index contributed by atoms with van der Waals surface area (Å²) in [5, 5.41) is 22.7. The number of ether oxygens (including phenoxy) is 3. The van der Waals surface area contributed by atoms with Crippen molar-refractivity contribution in [3.8, 4) is 0 Å². The van der Waals surface area contributed by atoms with E-state index in [9.17, 15) is 29.4 Å². The highest BCUT2D eigenvalue weighted by Crippen LogP contribution is 2.77. The minimum absolute atomic E-state index is 0.0104. The molecule has 10 aliphatic carbocycles. The Labute approximate surface area is 351 Å². The highest BCUT2D eigenvalue weighted by atomic mass is 16.6. The third kappa shape index (κ3) is 5.56. The molecule has 0 aromatic carbocycles. The maximum Gasteiger partial charge on any atom is 0.311 e. The summed E-state index contributed by atoms with van der Waals surface area (Å²) >= 11 is 0. The van der Waals surface area contributed by atoms with E-state index in [1.807, 2.05) is 41.5 Å². The molecule has 9 saturated carbocycles. The number of esters is 2. The number of carbonyl (C=O) groups is 4. The molecule has 11 aliphatic rings. The van der Waals surface area contributed by atoms with E-state index in [4.69, 9.17) is 14.2 Å². The lowest BCUT2D eigenvalue weighted by molar-refractivity contribution is -0.174. The van der Waals surface area contributed by atoms with Gasteiger partial charge in [0.1, 0.15) is 35.5 Å². The van der Waals surface area contributed by atoms with E-state index < -0.39 is 23.0 Å². The SMILES string of the molecule is CC(C)(C)C(=O)O[C@H]1CC[C@@]2(C)C(=C[C@H](O)C3C2CC[C@]2(C)C(=O)[C@H]4C[C@H]4C32)C1.CC(C)(C)C(=O)O[C@H]1CC[C@]2(C)C3CC[C@]4(C)C(=O)[C@H]5C[C@H]5C4C3[C@@H](O)[C@H]3O[C@]32C1. The van der Waals surface area contributed by atoms with Crippen molar-refractivity contribution in [3.05, 3.63) is 11.6 Å². The number of hydrogen-bond donors (Lipinski definition) is 2. The number of fused-ring (bicyclic) bond motifs is 13. The van der Waals surface area contributed by atoms with Crippen LogP contribution < -0.4 is 0 Å². The van der Waals surface area contributed by atoms with Crippen LogP contribution in [0.1, 0.15) is 146 Å². The highest BCUT2D eigenvalue weighted by molar-refractivity contribution is 5.93. The molecule has 11 rings (SSSR count). The van der Waals surface area contributed by atoms with Gasteiger partial charge in [0.15, 0.2) is 0 Å². The zero-order chi connectivity index (χ0) is 42.4. The Morgan fingerprint density at radius 3 is 1.78 bits per heavy atom. The maximum atomic E-state index is 13.0. The highest BCUT2D eigenvalue weighted by Gasteiger charge is 2.82. The zero-order valence-electron chi connectivity index (χ0n) is 37.5. The normalized spacial score (nSPS) is 54.4. The minimum atomic E-state index is -0.511. The van der Waals surface area contributed by atoms with Gasteiger partial charge < -0.3 is 24.4 Å². The predicted octanol–water partition coefficient (Wildman–Crippen LogP) is 7.82. The van der Waals surface area contributed by atoms with Gasteiger partial charge in [-0.05, 0) is 159 Å². The molecule has 1 aliphatic heterocycles. The molecule has 1 spiro atoms. The predicted molar refractivity (Wildman–Crippen MR) is 219 cm³/mol. The molecule has 1 heterocycles. The van der Waals surface area contributed by atoms with Gasteiger partial charge in [-0.1, -0.05) is 39.3 Å². The molecule has 9 heteroatoms. The van der Waals surface area contributed by atoms with Gasteiger partial charge in [-0.3, -0.25) is 19.2 Å². The molecule has 0 radical (unpaired) electrons. The second kappa shape index (κ2) is 12.5. The van der Waals surface area contributed by atoms with E-state index in [-0.39, 0.29) is 81.2 Å². The average Bonchev–Trinajstić information content (AvgIpc) is 4.08. The fourth-order valence-electron chi connectivity index (χ4n) is 16.4. The van der Waals surface area contributed by atoms with E-state index in [2.05, 4.69) is 33.8 Å². The second-order valence-corrected chi connectivity index (χ2v) is 25.0. The molecule has 10 fully saturated rings. The molecule has 0 aromatic heterocycles. The molecule has 1 saturated heterocycles. The van der Waals surface area contributed by atoms with Gasteiger partial charge in [-0.15, -0.1) is 0 Å². The molecule has 0 bridgehead atoms. The minimum Gasteiger partial charge on any atom is -0.462 e. The Morgan fingerprint density at radius 1 is 0.695 bits per heavy atom. The number of aliphatic hydroxyl groups is 2. The van der Waals surface area contributed by atoms with Gasteiger partial charge in [-0.25, -0.2) is 0 Å². The molecule has 59 heavy (non-hydrogen) atoms. The summed E-state index contributed by atoms with van der Waals surface area (Å²) in [5.74, 6) is 4.06. The van der Waals surface area contributed by atoms with Crippen molar-refractivity contribution < 1.29 is 43.6 Å². The quantitative estimate of drug-likeness (QED) is 0.162. The van der Waals surface area contributed by atoms with Crippen LogP contribution >= 0.6 is 0 Å². The van der Waals surface area contributed by atoms with Crippen LogP contribution in [0.3, 0.4) is 0 Å². The van der Waals surface area contributed by atoms with Crippen LogP contribution in [0, 0.1) is 91.7 Å². The van der Waals surface area contributed by atoms with Crippen LogP contribution in [0.2, 0.25) is 0 Å². The van der Waals surface area contributed by atoms with E-state index in [0.717, 1.165) is 70.6 Å². The molecule has 6 unspecified atom stereocenters. The summed E-state index contributed by atoms with van der Waals surface area (Å²) in [5.41, 5.74) is -0.482. The first-order chi connectivity index (χ1) is 27.4. The van der Waals surface area contributed by atoms with Crippen molar-refractivity contribution in [2.45, 2.75) is 182 Å². The number of rotatable bonds is 2. The van der Waals surface area contributed by atoms with Gasteiger partial charge in [0.25, 0.3) is 0 Å². The Balaban J connectivity index is 0.000000143. The molecule has 9 nitrogen and oxygen atoms in total. The third-order valence-corrected chi connectivity index (χ3v) is 19.9. The first-order valence-electron chi connectivity index (χ1n) is 23.7. The summed E-state index contributed by atoms with van der Waals surface area (Å²) in [6, 6.07) is 0. The number of epoxide rings is 1. The molecular formula is C50H72O9. The van der Waals surface area contributed by atoms with Crippen LogP contribution in [-0.2, 0) is 33.4 Å². The Hall–Kier alpha value is -2.10. The number of aliphatic hydroxyl groups excluding tert-OH is 2. The first-order valence-corrected chi connectivity index (χ1v) is 23.7. The molecule has 20 atom stereocenters. The van der Waals surface area contributed by atoms with Crippen molar-refractivity contribution in [1.82, 2.24) is 0 Å². The van der Waals surface area contributed by atoms with Gasteiger partial charge >= 0.3 is 11.9 Å². The first kappa shape index (κ1) is 40.9.